The second-order valence-corrected chi connectivity index (χ2v) is 8.05. The van der Waals surface area contributed by atoms with Crippen LogP contribution in [0.4, 0.5) is 11.4 Å². The minimum absolute atomic E-state index is 0.0281. The topological polar surface area (TPSA) is 119 Å². The van der Waals surface area contributed by atoms with Crippen molar-refractivity contribution in [2.45, 2.75) is 45.6 Å². The van der Waals surface area contributed by atoms with Gasteiger partial charge in [0, 0.05) is 32.2 Å². The summed E-state index contributed by atoms with van der Waals surface area (Å²) in [6.45, 7) is 5.78. The first-order valence-corrected chi connectivity index (χ1v) is 11.0. The average Bonchev–Trinajstić information content (AvgIpc) is 3.33. The molecule has 2 aliphatic rings. The summed E-state index contributed by atoms with van der Waals surface area (Å²) in [7, 11) is 0. The number of rotatable bonds is 7. The number of esters is 2. The van der Waals surface area contributed by atoms with Gasteiger partial charge in [0.15, 0.2) is 6.10 Å². The maximum absolute atomic E-state index is 12.7. The van der Waals surface area contributed by atoms with Crippen LogP contribution in [-0.4, -0.2) is 66.6 Å². The summed E-state index contributed by atoms with van der Waals surface area (Å²) >= 11 is 0. The van der Waals surface area contributed by atoms with Gasteiger partial charge in [-0.3, -0.25) is 19.7 Å². The molecule has 3 rings (SSSR count). The van der Waals surface area contributed by atoms with Gasteiger partial charge in [0.2, 0.25) is 0 Å². The van der Waals surface area contributed by atoms with Crippen LogP contribution < -0.4 is 4.90 Å². The minimum atomic E-state index is -1.04. The van der Waals surface area contributed by atoms with Crippen LogP contribution in [0.25, 0.3) is 0 Å². The Balaban J connectivity index is 1.60. The molecule has 1 atom stereocenters. The number of hydrogen-bond donors (Lipinski definition) is 0. The van der Waals surface area contributed by atoms with Crippen molar-refractivity contribution in [3.05, 3.63) is 33.9 Å². The van der Waals surface area contributed by atoms with Crippen molar-refractivity contribution < 1.29 is 28.8 Å². The Bertz CT molecular complexity index is 874. The van der Waals surface area contributed by atoms with Crippen LogP contribution in [0.3, 0.4) is 0 Å². The van der Waals surface area contributed by atoms with Crippen LogP contribution in [-0.2, 0) is 19.1 Å². The first kappa shape index (κ1) is 23.5. The zero-order valence-electron chi connectivity index (χ0n) is 18.5. The number of nitrogens with zero attached hydrogens (tertiary/aromatic N) is 3. The fourth-order valence-corrected chi connectivity index (χ4v) is 4.15. The van der Waals surface area contributed by atoms with E-state index in [0.717, 1.165) is 25.9 Å². The van der Waals surface area contributed by atoms with E-state index in [4.69, 9.17) is 9.47 Å². The van der Waals surface area contributed by atoms with E-state index in [1.807, 2.05) is 4.90 Å². The van der Waals surface area contributed by atoms with E-state index in [2.05, 4.69) is 0 Å². The zero-order valence-corrected chi connectivity index (χ0v) is 18.5. The van der Waals surface area contributed by atoms with Crippen molar-refractivity contribution in [1.82, 2.24) is 4.90 Å². The molecule has 1 aromatic carbocycles. The van der Waals surface area contributed by atoms with Gasteiger partial charge in [-0.2, -0.15) is 0 Å². The van der Waals surface area contributed by atoms with E-state index in [9.17, 15) is 24.5 Å². The van der Waals surface area contributed by atoms with Crippen molar-refractivity contribution >= 4 is 29.2 Å². The number of ether oxygens (including phenoxy) is 2. The van der Waals surface area contributed by atoms with Gasteiger partial charge < -0.3 is 19.3 Å². The SMILES string of the molecule is CCOC(=O)C1CCN(C(=O)C(C)OC(=O)c2ccc(N3CCCC3)c([N+](=O)[O-])c2)CC1. The Labute approximate surface area is 186 Å². The number of piperidine rings is 1. The van der Waals surface area contributed by atoms with E-state index in [1.54, 1.807) is 17.9 Å². The standard InChI is InChI=1S/C22H29N3O7/c1-3-31-21(27)16-8-12-24(13-9-16)20(26)15(2)32-22(28)17-6-7-18(19(14-17)25(29)30)23-10-4-5-11-23/h6-7,14-16H,3-5,8-13H2,1-2H3. The lowest BCUT2D eigenvalue weighted by Crippen LogP contribution is -2.45. The van der Waals surface area contributed by atoms with Crippen LogP contribution in [0.15, 0.2) is 18.2 Å². The molecule has 2 fully saturated rings. The normalized spacial score (nSPS) is 17.7. The van der Waals surface area contributed by atoms with Gasteiger partial charge in [0.25, 0.3) is 11.6 Å². The molecule has 2 aliphatic heterocycles. The molecular weight excluding hydrogens is 418 g/mol. The Morgan fingerprint density at radius 3 is 2.41 bits per heavy atom. The summed E-state index contributed by atoms with van der Waals surface area (Å²) in [6, 6.07) is 4.26. The van der Waals surface area contributed by atoms with E-state index in [0.29, 0.717) is 38.2 Å². The Hall–Kier alpha value is -3.17. The van der Waals surface area contributed by atoms with Gasteiger partial charge in [0.1, 0.15) is 5.69 Å². The maximum Gasteiger partial charge on any atom is 0.339 e. The van der Waals surface area contributed by atoms with Crippen LogP contribution in [0, 0.1) is 16.0 Å². The molecule has 2 saturated heterocycles. The molecule has 2 heterocycles. The number of likely N-dealkylation sites (tertiary alicyclic amines) is 1. The smallest absolute Gasteiger partial charge is 0.339 e. The number of carbonyl (C=O) groups excluding carboxylic acids is 3. The van der Waals surface area contributed by atoms with Gasteiger partial charge in [-0.1, -0.05) is 0 Å². The first-order chi connectivity index (χ1) is 15.3. The van der Waals surface area contributed by atoms with Crippen molar-refractivity contribution in [2.75, 3.05) is 37.7 Å². The maximum atomic E-state index is 12.7. The number of nitro benzene ring substituents is 1. The average molecular weight is 447 g/mol. The molecule has 0 spiro atoms. The summed E-state index contributed by atoms with van der Waals surface area (Å²) < 4.78 is 10.3. The van der Waals surface area contributed by atoms with Crippen molar-refractivity contribution in [3.8, 4) is 0 Å². The van der Waals surface area contributed by atoms with E-state index >= 15 is 0 Å². The van der Waals surface area contributed by atoms with Crippen molar-refractivity contribution in [3.63, 3.8) is 0 Å². The third-order valence-corrected chi connectivity index (χ3v) is 5.91. The molecule has 0 bridgehead atoms. The molecule has 174 valence electrons. The number of carbonyl (C=O) groups is 3. The third-order valence-electron chi connectivity index (χ3n) is 5.91. The lowest BCUT2D eigenvalue weighted by Gasteiger charge is -2.32. The van der Waals surface area contributed by atoms with Gasteiger partial charge in [-0.25, -0.2) is 4.79 Å². The summed E-state index contributed by atoms with van der Waals surface area (Å²) in [5, 5.41) is 11.5. The van der Waals surface area contributed by atoms with Gasteiger partial charge in [-0.15, -0.1) is 0 Å². The zero-order chi connectivity index (χ0) is 23.3. The highest BCUT2D eigenvalue weighted by atomic mass is 16.6. The van der Waals surface area contributed by atoms with Gasteiger partial charge in [-0.05, 0) is 51.7 Å². The highest BCUT2D eigenvalue weighted by Crippen LogP contribution is 2.32. The molecule has 0 aliphatic carbocycles. The molecule has 0 aromatic heterocycles. The van der Waals surface area contributed by atoms with Crippen LogP contribution in [0.5, 0.6) is 0 Å². The molecule has 1 amide bonds. The molecule has 32 heavy (non-hydrogen) atoms. The monoisotopic (exact) mass is 447 g/mol. The quantitative estimate of drug-likeness (QED) is 0.355. The van der Waals surface area contributed by atoms with E-state index in [1.165, 1.54) is 19.1 Å². The Morgan fingerprint density at radius 1 is 1.16 bits per heavy atom. The van der Waals surface area contributed by atoms with Crippen molar-refractivity contribution in [1.29, 1.82) is 0 Å². The first-order valence-electron chi connectivity index (χ1n) is 11.0. The molecule has 0 N–H and O–H groups in total. The van der Waals surface area contributed by atoms with E-state index in [-0.39, 0.29) is 29.0 Å². The summed E-state index contributed by atoms with van der Waals surface area (Å²) in [5.41, 5.74) is 0.360. The third kappa shape index (κ3) is 5.35. The van der Waals surface area contributed by atoms with E-state index < -0.39 is 17.0 Å². The lowest BCUT2D eigenvalue weighted by atomic mass is 9.97. The number of amides is 1. The minimum Gasteiger partial charge on any atom is -0.466 e. The largest absolute Gasteiger partial charge is 0.466 e. The molecular formula is C22H29N3O7. The Morgan fingerprint density at radius 2 is 1.81 bits per heavy atom. The predicted octanol–water partition coefficient (Wildman–Crippen LogP) is 2.54. The molecule has 0 saturated carbocycles. The highest BCUT2D eigenvalue weighted by Gasteiger charge is 2.32. The number of benzene rings is 1. The van der Waals surface area contributed by atoms with Gasteiger partial charge in [0.05, 0.1) is 23.0 Å². The second kappa shape index (κ2) is 10.4. The number of nitro groups is 1. The molecule has 10 nitrogen and oxygen atoms in total. The molecule has 10 heteroatoms. The molecule has 0 radical (unpaired) electrons. The summed E-state index contributed by atoms with van der Waals surface area (Å²) in [4.78, 5) is 51.6. The fraction of sp³-hybridized carbons (Fsp3) is 0.591. The Kier molecular flexibility index (Phi) is 7.66. The highest BCUT2D eigenvalue weighted by molar-refractivity contribution is 5.93. The number of anilines is 1. The molecule has 1 unspecified atom stereocenters. The molecule has 1 aromatic rings. The predicted molar refractivity (Wildman–Crippen MR) is 115 cm³/mol. The lowest BCUT2D eigenvalue weighted by molar-refractivity contribution is -0.384. The number of hydrogen-bond acceptors (Lipinski definition) is 8. The van der Waals surface area contributed by atoms with Crippen molar-refractivity contribution in [2.24, 2.45) is 5.92 Å². The summed E-state index contributed by atoms with van der Waals surface area (Å²) in [5.74, 6) is -1.63. The summed E-state index contributed by atoms with van der Waals surface area (Å²) in [6.07, 6.45) is 1.89. The fourth-order valence-electron chi connectivity index (χ4n) is 4.15. The van der Waals surface area contributed by atoms with Crippen LogP contribution >= 0.6 is 0 Å². The van der Waals surface area contributed by atoms with Gasteiger partial charge >= 0.3 is 11.9 Å². The van der Waals surface area contributed by atoms with Crippen LogP contribution in [0.1, 0.15) is 49.9 Å². The van der Waals surface area contributed by atoms with Crippen LogP contribution in [0.2, 0.25) is 0 Å². The second-order valence-electron chi connectivity index (χ2n) is 8.05.